The lowest BCUT2D eigenvalue weighted by molar-refractivity contribution is -0.379. The second kappa shape index (κ2) is 51.2. The van der Waals surface area contributed by atoms with Crippen molar-refractivity contribution in [2.75, 3.05) is 26.4 Å². The molecule has 3 fully saturated rings. The quantitative estimate of drug-likeness (QED) is 0.0252. The summed E-state index contributed by atoms with van der Waals surface area (Å²) in [6.07, 6.45) is 28.0. The number of nitrogens with one attached hydrogen (secondary N) is 1. The maximum absolute atomic E-state index is 13.3. The molecule has 1 amide bonds. The lowest BCUT2D eigenvalue weighted by atomic mass is 9.96. The third kappa shape index (κ3) is 33.5. The van der Waals surface area contributed by atoms with Crippen LogP contribution < -0.4 is 5.32 Å². The number of carbonyl (C=O) groups is 1. The van der Waals surface area contributed by atoms with Crippen molar-refractivity contribution in [2.24, 2.45) is 0 Å². The molecule has 3 aliphatic heterocycles. The van der Waals surface area contributed by atoms with Gasteiger partial charge in [0.05, 0.1) is 38.6 Å². The minimum Gasteiger partial charge on any atom is -0.394 e. The van der Waals surface area contributed by atoms with Crippen LogP contribution in [0.3, 0.4) is 0 Å². The minimum atomic E-state index is -1.97. The minimum absolute atomic E-state index is 0.240. The molecule has 0 bridgehead atoms. The van der Waals surface area contributed by atoms with E-state index in [1.807, 2.05) is 0 Å². The zero-order valence-electron chi connectivity index (χ0n) is 54.5. The zero-order chi connectivity index (χ0) is 63.3. The molecule has 0 aliphatic carbocycles. The summed E-state index contributed by atoms with van der Waals surface area (Å²) in [7, 11) is 0. The Labute approximate surface area is 525 Å². The van der Waals surface area contributed by atoms with Crippen LogP contribution >= 0.6 is 0 Å². The zero-order valence-corrected chi connectivity index (χ0v) is 54.5. The third-order valence-electron chi connectivity index (χ3n) is 18.4. The van der Waals surface area contributed by atoms with Gasteiger partial charge in [0.2, 0.25) is 5.91 Å². The van der Waals surface area contributed by atoms with Crippen molar-refractivity contribution in [3.05, 3.63) is 0 Å². The maximum Gasteiger partial charge on any atom is 0.220 e. The molecule has 0 aromatic rings. The number of aliphatic hydroxyl groups is 11. The smallest absolute Gasteiger partial charge is 0.220 e. The number of aliphatic hydroxyl groups excluding tert-OH is 11. The van der Waals surface area contributed by atoms with E-state index in [2.05, 4.69) is 19.2 Å². The summed E-state index contributed by atoms with van der Waals surface area (Å²) in [5.74, 6) is -0.240. The van der Waals surface area contributed by atoms with Crippen molar-refractivity contribution in [1.29, 1.82) is 0 Å². The van der Waals surface area contributed by atoms with E-state index < -0.39 is 124 Å². The summed E-state index contributed by atoms with van der Waals surface area (Å²) < 4.78 is 34.4. The fourth-order valence-electron chi connectivity index (χ4n) is 12.6. The molecule has 19 heteroatoms. The first-order valence-electron chi connectivity index (χ1n) is 35.8. The van der Waals surface area contributed by atoms with Crippen LogP contribution in [0.15, 0.2) is 0 Å². The standard InChI is InChI=1S/C68H131NO18/c1-3-5-7-9-11-13-15-16-17-18-19-20-21-22-23-24-25-26-27-28-29-30-31-32-33-34-35-36-37-39-41-43-45-52(73)51(69-56(74)46-44-42-40-38-14-12-10-8-6-4-2)50-82-66-62(80)59(77)64(54(48-71)84-66)87-68-63(81)60(78)65(55(49-72)85-68)86-67-61(79)58(76)57(75)53(47-70)83-67/h51-55,57-68,70-73,75-81H,3-50H2,1-2H3,(H,69,74). The molecular weight excluding hydrogens is 1120 g/mol. The van der Waals surface area contributed by atoms with E-state index in [9.17, 15) is 61.0 Å². The van der Waals surface area contributed by atoms with Crippen LogP contribution in [0, 0.1) is 0 Å². The highest BCUT2D eigenvalue weighted by Gasteiger charge is 2.53. The molecule has 0 radical (unpaired) electrons. The molecule has 3 heterocycles. The SMILES string of the molecule is CCCCCCCCCCCCCCCCCCCCCCCCCCCCCCCCCCC(O)C(COC1OC(CO)C(OC2OC(CO)C(OC3OC(CO)C(O)C(O)C3O)C(O)C2O)C(O)C1O)NC(=O)CCCCCCCCCCCC. The molecule has 0 aromatic carbocycles. The van der Waals surface area contributed by atoms with Gasteiger partial charge >= 0.3 is 0 Å². The number of carbonyl (C=O) groups excluding carboxylic acids is 1. The van der Waals surface area contributed by atoms with Crippen LogP contribution in [0.4, 0.5) is 0 Å². The van der Waals surface area contributed by atoms with E-state index in [4.69, 9.17) is 28.4 Å². The third-order valence-corrected chi connectivity index (χ3v) is 18.4. The monoisotopic (exact) mass is 1250 g/mol. The Balaban J connectivity index is 1.33. The number of hydrogen-bond donors (Lipinski definition) is 12. The predicted molar refractivity (Wildman–Crippen MR) is 337 cm³/mol. The highest BCUT2D eigenvalue weighted by atomic mass is 16.8. The summed E-state index contributed by atoms with van der Waals surface area (Å²) in [5, 5.41) is 120. The van der Waals surface area contributed by atoms with Crippen molar-refractivity contribution < 1.29 is 89.4 Å². The van der Waals surface area contributed by atoms with Crippen LogP contribution in [-0.4, -0.2) is 193 Å². The molecule has 17 unspecified atom stereocenters. The van der Waals surface area contributed by atoms with E-state index in [0.29, 0.717) is 12.8 Å². The molecule has 3 rings (SSSR count). The van der Waals surface area contributed by atoms with Crippen molar-refractivity contribution in [3.8, 4) is 0 Å². The Morgan fingerprint density at radius 2 is 0.655 bits per heavy atom. The van der Waals surface area contributed by atoms with Gasteiger partial charge in [-0.1, -0.05) is 277 Å². The topological polar surface area (TPSA) is 307 Å². The van der Waals surface area contributed by atoms with Crippen LogP contribution in [-0.2, 0) is 33.2 Å². The van der Waals surface area contributed by atoms with E-state index in [0.717, 1.165) is 44.9 Å². The van der Waals surface area contributed by atoms with E-state index >= 15 is 0 Å². The number of amides is 1. The summed E-state index contributed by atoms with van der Waals surface area (Å²) in [4.78, 5) is 13.3. The lowest BCUT2D eigenvalue weighted by Gasteiger charge is -2.48. The summed E-state index contributed by atoms with van der Waals surface area (Å²) in [6, 6.07) is -0.880. The molecule has 3 aliphatic rings. The molecule has 516 valence electrons. The molecule has 3 saturated heterocycles. The van der Waals surface area contributed by atoms with E-state index in [1.165, 1.54) is 218 Å². The molecule has 0 aromatic heterocycles. The fourth-order valence-corrected chi connectivity index (χ4v) is 12.6. The first-order valence-corrected chi connectivity index (χ1v) is 35.8. The van der Waals surface area contributed by atoms with Crippen LogP contribution in [0.5, 0.6) is 0 Å². The van der Waals surface area contributed by atoms with Gasteiger partial charge in [0.25, 0.3) is 0 Å². The Kier molecular flexibility index (Phi) is 47.1. The Morgan fingerprint density at radius 3 is 1.00 bits per heavy atom. The van der Waals surface area contributed by atoms with Gasteiger partial charge in [-0.25, -0.2) is 0 Å². The second-order valence-corrected chi connectivity index (χ2v) is 26.1. The number of ether oxygens (including phenoxy) is 6. The van der Waals surface area contributed by atoms with E-state index in [1.54, 1.807) is 0 Å². The van der Waals surface area contributed by atoms with Crippen molar-refractivity contribution in [1.82, 2.24) is 5.32 Å². The van der Waals surface area contributed by atoms with Crippen molar-refractivity contribution >= 4 is 5.91 Å². The number of rotatable bonds is 56. The number of unbranched alkanes of at least 4 members (excludes halogenated alkanes) is 40. The normalized spacial score (nSPS) is 28.5. The Morgan fingerprint density at radius 1 is 0.368 bits per heavy atom. The first kappa shape index (κ1) is 80.0. The second-order valence-electron chi connectivity index (χ2n) is 26.1. The van der Waals surface area contributed by atoms with Gasteiger partial charge in [0, 0.05) is 6.42 Å². The Hall–Kier alpha value is -1.21. The van der Waals surface area contributed by atoms with Crippen LogP contribution in [0.25, 0.3) is 0 Å². The van der Waals surface area contributed by atoms with Gasteiger partial charge in [-0.15, -0.1) is 0 Å². The molecule has 0 saturated carbocycles. The summed E-state index contributed by atoms with van der Waals surface area (Å²) in [5.41, 5.74) is 0. The van der Waals surface area contributed by atoms with Gasteiger partial charge in [0.15, 0.2) is 18.9 Å². The molecule has 87 heavy (non-hydrogen) atoms. The Bertz CT molecular complexity index is 1590. The van der Waals surface area contributed by atoms with Crippen molar-refractivity contribution in [3.63, 3.8) is 0 Å². The lowest BCUT2D eigenvalue weighted by Crippen LogP contribution is -2.66. The predicted octanol–water partition coefficient (Wildman–Crippen LogP) is 9.50. The largest absolute Gasteiger partial charge is 0.394 e. The van der Waals surface area contributed by atoms with Gasteiger partial charge in [-0.3, -0.25) is 4.79 Å². The number of hydrogen-bond acceptors (Lipinski definition) is 18. The van der Waals surface area contributed by atoms with Gasteiger partial charge in [-0.2, -0.15) is 0 Å². The molecule has 0 spiro atoms. The summed E-state index contributed by atoms with van der Waals surface area (Å²) >= 11 is 0. The van der Waals surface area contributed by atoms with E-state index in [-0.39, 0.29) is 18.9 Å². The van der Waals surface area contributed by atoms with Crippen molar-refractivity contribution in [2.45, 2.75) is 401 Å². The first-order chi connectivity index (χ1) is 42.3. The summed E-state index contributed by atoms with van der Waals surface area (Å²) in [6.45, 7) is 1.81. The highest BCUT2D eigenvalue weighted by Crippen LogP contribution is 2.33. The molecule has 17 atom stereocenters. The fraction of sp³-hybridized carbons (Fsp3) is 0.985. The van der Waals surface area contributed by atoms with Crippen LogP contribution in [0.1, 0.15) is 296 Å². The average molecular weight is 1250 g/mol. The average Bonchev–Trinajstić information content (AvgIpc) is 2.57. The molecule has 19 nitrogen and oxygen atoms in total. The van der Waals surface area contributed by atoms with Gasteiger partial charge < -0.3 is 89.9 Å². The van der Waals surface area contributed by atoms with Crippen LogP contribution in [0.2, 0.25) is 0 Å². The maximum atomic E-state index is 13.3. The molecule has 12 N–H and O–H groups in total. The molecular formula is C68H131NO18. The van der Waals surface area contributed by atoms with Gasteiger partial charge in [0.1, 0.15) is 73.2 Å². The van der Waals surface area contributed by atoms with Gasteiger partial charge in [-0.05, 0) is 12.8 Å². The highest BCUT2D eigenvalue weighted by molar-refractivity contribution is 5.76.